The number of benzene rings is 1. The van der Waals surface area contributed by atoms with Crippen LogP contribution in [0.4, 0.5) is 0 Å². The van der Waals surface area contributed by atoms with Gasteiger partial charge in [-0.1, -0.05) is 12.1 Å². The predicted octanol–water partition coefficient (Wildman–Crippen LogP) is 1.59. The average Bonchev–Trinajstić information content (AvgIpc) is 2.90. The first kappa shape index (κ1) is 21.9. The van der Waals surface area contributed by atoms with Gasteiger partial charge in [-0.25, -0.2) is 13.1 Å². The van der Waals surface area contributed by atoms with E-state index in [4.69, 9.17) is 5.73 Å². The van der Waals surface area contributed by atoms with E-state index in [9.17, 15) is 13.2 Å². The molecule has 0 radical (unpaired) electrons. The van der Waals surface area contributed by atoms with Gasteiger partial charge < -0.3 is 10.6 Å². The number of likely N-dealkylation sites (tertiary alicyclic amines) is 1. The molecule has 3 N–H and O–H groups in total. The Bertz CT molecular complexity index is 709. The number of sulfonamides is 1. The van der Waals surface area contributed by atoms with Gasteiger partial charge in [0.05, 0.1) is 4.90 Å². The summed E-state index contributed by atoms with van der Waals surface area (Å²) < 4.78 is 27.4. The van der Waals surface area contributed by atoms with E-state index in [1.165, 1.54) is 0 Å². The van der Waals surface area contributed by atoms with Gasteiger partial charge in [0.2, 0.25) is 15.9 Å². The van der Waals surface area contributed by atoms with Crippen LogP contribution in [0, 0.1) is 19.8 Å². The second-order valence-electron chi connectivity index (χ2n) is 6.65. The van der Waals surface area contributed by atoms with E-state index in [2.05, 4.69) is 4.72 Å². The van der Waals surface area contributed by atoms with Crippen LogP contribution in [0.1, 0.15) is 30.9 Å². The van der Waals surface area contributed by atoms with Crippen molar-refractivity contribution in [3.05, 3.63) is 29.3 Å². The zero-order valence-electron chi connectivity index (χ0n) is 15.0. The second-order valence-corrected chi connectivity index (χ2v) is 8.38. The molecule has 0 spiro atoms. The third kappa shape index (κ3) is 5.41. The maximum Gasteiger partial charge on any atom is 0.240 e. The molecule has 2 unspecified atom stereocenters. The zero-order valence-corrected chi connectivity index (χ0v) is 16.6. The second kappa shape index (κ2) is 8.98. The fourth-order valence-corrected chi connectivity index (χ4v) is 4.53. The van der Waals surface area contributed by atoms with Crippen LogP contribution >= 0.6 is 12.4 Å². The normalized spacial score (nSPS) is 20.4. The molecule has 1 heterocycles. The van der Waals surface area contributed by atoms with Gasteiger partial charge in [0.25, 0.3) is 0 Å². The molecule has 1 aliphatic rings. The summed E-state index contributed by atoms with van der Waals surface area (Å²) in [4.78, 5) is 14.4. The molecule has 1 aromatic rings. The average molecular weight is 390 g/mol. The van der Waals surface area contributed by atoms with Crippen LogP contribution in [-0.4, -0.2) is 44.9 Å². The Balaban J connectivity index is 0.00000312. The number of carbonyl (C=O) groups is 1. The molecule has 1 aromatic carbocycles. The third-order valence-corrected chi connectivity index (χ3v) is 6.18. The number of amides is 1. The Morgan fingerprint density at radius 1 is 1.36 bits per heavy atom. The molecule has 1 aliphatic heterocycles. The predicted molar refractivity (Wildman–Crippen MR) is 101 cm³/mol. The summed E-state index contributed by atoms with van der Waals surface area (Å²) in [5.74, 6) is 0.317. The van der Waals surface area contributed by atoms with Crippen molar-refractivity contribution in [3.8, 4) is 0 Å². The zero-order chi connectivity index (χ0) is 17.9. The first-order valence-corrected chi connectivity index (χ1v) is 9.79. The molecule has 0 aliphatic carbocycles. The molecule has 1 saturated heterocycles. The van der Waals surface area contributed by atoms with E-state index in [1.807, 2.05) is 24.8 Å². The van der Waals surface area contributed by atoms with Crippen molar-refractivity contribution < 1.29 is 13.2 Å². The smallest absolute Gasteiger partial charge is 0.240 e. The molecule has 1 amide bonds. The van der Waals surface area contributed by atoms with Crippen LogP contribution in [-0.2, 0) is 14.8 Å². The fraction of sp³-hybridized carbons (Fsp3) is 0.588. The van der Waals surface area contributed by atoms with Gasteiger partial charge in [-0.05, 0) is 56.8 Å². The monoisotopic (exact) mass is 389 g/mol. The molecule has 2 atom stereocenters. The number of aryl methyl sites for hydroxylation is 2. The summed E-state index contributed by atoms with van der Waals surface area (Å²) in [6.45, 7) is 6.97. The van der Waals surface area contributed by atoms with E-state index in [0.29, 0.717) is 24.6 Å². The topological polar surface area (TPSA) is 92.5 Å². The molecule has 1 fully saturated rings. The lowest BCUT2D eigenvalue weighted by Crippen LogP contribution is -2.37. The van der Waals surface area contributed by atoms with Crippen molar-refractivity contribution in [1.29, 1.82) is 0 Å². The number of halogens is 1. The van der Waals surface area contributed by atoms with Gasteiger partial charge in [-0.2, -0.15) is 0 Å². The van der Waals surface area contributed by atoms with Crippen LogP contribution in [0.15, 0.2) is 23.1 Å². The van der Waals surface area contributed by atoms with Crippen LogP contribution in [0.25, 0.3) is 0 Å². The maximum absolute atomic E-state index is 12.4. The summed E-state index contributed by atoms with van der Waals surface area (Å²) in [5.41, 5.74) is 7.25. The SMILES string of the molecule is Cc1ccc(C)c(S(=O)(=O)NCCC(=O)N2CC(CN)CC2C)c1.Cl. The first-order chi connectivity index (χ1) is 11.2. The molecule has 0 bridgehead atoms. The fourth-order valence-electron chi connectivity index (χ4n) is 3.17. The third-order valence-electron chi connectivity index (χ3n) is 4.58. The van der Waals surface area contributed by atoms with Crippen molar-refractivity contribution in [3.63, 3.8) is 0 Å². The van der Waals surface area contributed by atoms with Crippen LogP contribution in [0.2, 0.25) is 0 Å². The molecule has 142 valence electrons. The van der Waals surface area contributed by atoms with Crippen molar-refractivity contribution in [2.24, 2.45) is 11.7 Å². The van der Waals surface area contributed by atoms with Gasteiger partial charge in [0.1, 0.15) is 0 Å². The minimum absolute atomic E-state index is 0. The van der Waals surface area contributed by atoms with E-state index in [0.717, 1.165) is 12.0 Å². The minimum Gasteiger partial charge on any atom is -0.340 e. The van der Waals surface area contributed by atoms with Crippen molar-refractivity contribution in [2.45, 2.75) is 44.6 Å². The van der Waals surface area contributed by atoms with E-state index >= 15 is 0 Å². The Hall–Kier alpha value is -1.15. The Morgan fingerprint density at radius 3 is 2.64 bits per heavy atom. The molecular formula is C17H28ClN3O3S. The van der Waals surface area contributed by atoms with Gasteiger partial charge in [-0.3, -0.25) is 4.79 Å². The van der Waals surface area contributed by atoms with Crippen molar-refractivity contribution in [2.75, 3.05) is 19.6 Å². The van der Waals surface area contributed by atoms with Gasteiger partial charge >= 0.3 is 0 Å². The number of rotatable bonds is 6. The largest absolute Gasteiger partial charge is 0.340 e. The van der Waals surface area contributed by atoms with Crippen molar-refractivity contribution in [1.82, 2.24) is 9.62 Å². The lowest BCUT2D eigenvalue weighted by Gasteiger charge is -2.21. The summed E-state index contributed by atoms with van der Waals surface area (Å²) in [5, 5.41) is 0. The molecule has 8 heteroatoms. The molecule has 6 nitrogen and oxygen atoms in total. The Labute approximate surface area is 156 Å². The highest BCUT2D eigenvalue weighted by Gasteiger charge is 2.31. The molecular weight excluding hydrogens is 362 g/mol. The number of nitrogens with zero attached hydrogens (tertiary/aromatic N) is 1. The van der Waals surface area contributed by atoms with Gasteiger partial charge in [-0.15, -0.1) is 12.4 Å². The highest BCUT2D eigenvalue weighted by molar-refractivity contribution is 7.89. The van der Waals surface area contributed by atoms with E-state index < -0.39 is 10.0 Å². The molecule has 0 saturated carbocycles. The number of hydrogen-bond acceptors (Lipinski definition) is 4. The Morgan fingerprint density at radius 2 is 2.04 bits per heavy atom. The first-order valence-electron chi connectivity index (χ1n) is 8.31. The highest BCUT2D eigenvalue weighted by atomic mass is 35.5. The number of nitrogens with two attached hydrogens (primary N) is 1. The number of carbonyl (C=O) groups excluding carboxylic acids is 1. The summed E-state index contributed by atoms with van der Waals surface area (Å²) >= 11 is 0. The minimum atomic E-state index is -3.60. The van der Waals surface area contributed by atoms with E-state index in [1.54, 1.807) is 19.1 Å². The summed E-state index contributed by atoms with van der Waals surface area (Å²) in [6, 6.07) is 5.48. The van der Waals surface area contributed by atoms with Crippen molar-refractivity contribution >= 4 is 28.3 Å². The van der Waals surface area contributed by atoms with E-state index in [-0.39, 0.29) is 42.2 Å². The number of nitrogens with one attached hydrogen (secondary N) is 1. The quantitative estimate of drug-likeness (QED) is 0.772. The maximum atomic E-state index is 12.4. The van der Waals surface area contributed by atoms with Gasteiger partial charge in [0, 0.05) is 25.6 Å². The molecule has 25 heavy (non-hydrogen) atoms. The Kier molecular flexibility index (Phi) is 7.87. The standard InChI is InChI=1S/C17H27N3O3S.ClH/c1-12-4-5-13(2)16(8-12)24(22,23)19-7-6-17(21)20-11-15(10-18)9-14(20)3;/h4-5,8,14-15,19H,6-7,9-11,18H2,1-3H3;1H. The van der Waals surface area contributed by atoms with Crippen LogP contribution in [0.3, 0.4) is 0 Å². The lowest BCUT2D eigenvalue weighted by atomic mass is 10.1. The van der Waals surface area contributed by atoms with Gasteiger partial charge in [0.15, 0.2) is 0 Å². The molecule has 2 rings (SSSR count). The summed E-state index contributed by atoms with van der Waals surface area (Å²) in [7, 11) is -3.60. The highest BCUT2D eigenvalue weighted by Crippen LogP contribution is 2.22. The summed E-state index contributed by atoms with van der Waals surface area (Å²) in [6.07, 6.45) is 1.07. The van der Waals surface area contributed by atoms with Crippen LogP contribution in [0.5, 0.6) is 0 Å². The molecule has 0 aromatic heterocycles. The lowest BCUT2D eigenvalue weighted by molar-refractivity contribution is -0.131. The number of hydrogen-bond donors (Lipinski definition) is 2. The van der Waals surface area contributed by atoms with Crippen LogP contribution < -0.4 is 10.5 Å².